The van der Waals surface area contributed by atoms with Gasteiger partial charge >= 0.3 is 6.36 Å². The van der Waals surface area contributed by atoms with Crippen molar-refractivity contribution in [3.63, 3.8) is 0 Å². The zero-order valence-corrected chi connectivity index (χ0v) is 11.8. The van der Waals surface area contributed by atoms with Crippen LogP contribution in [0.2, 0.25) is 0 Å². The van der Waals surface area contributed by atoms with E-state index in [9.17, 15) is 13.2 Å². The van der Waals surface area contributed by atoms with Crippen molar-refractivity contribution in [1.82, 2.24) is 4.98 Å². The molecule has 2 aromatic rings. The highest BCUT2D eigenvalue weighted by Gasteiger charge is 2.31. The maximum absolute atomic E-state index is 12.2. The highest BCUT2D eigenvalue weighted by Crippen LogP contribution is 2.32. The Kier molecular flexibility index (Phi) is 4.19. The van der Waals surface area contributed by atoms with Gasteiger partial charge in [0, 0.05) is 11.4 Å². The van der Waals surface area contributed by atoms with Gasteiger partial charge in [0.05, 0.1) is 13.2 Å². The second kappa shape index (κ2) is 6.11. The van der Waals surface area contributed by atoms with E-state index in [0.29, 0.717) is 18.9 Å². The van der Waals surface area contributed by atoms with Gasteiger partial charge in [-0.2, -0.15) is 0 Å². The summed E-state index contributed by atoms with van der Waals surface area (Å²) in [6, 6.07) is 5.23. The summed E-state index contributed by atoms with van der Waals surface area (Å²) >= 11 is 1.19. The molecule has 0 spiro atoms. The van der Waals surface area contributed by atoms with Crippen LogP contribution in [0.3, 0.4) is 0 Å². The lowest BCUT2D eigenvalue weighted by molar-refractivity contribution is -0.274. The molecule has 1 aromatic carbocycles. The van der Waals surface area contributed by atoms with Crippen molar-refractivity contribution < 1.29 is 32.1 Å². The van der Waals surface area contributed by atoms with Crippen molar-refractivity contribution in [2.45, 2.75) is 12.7 Å². The molecular formula is C13H10F3NO4S. The van der Waals surface area contributed by atoms with Gasteiger partial charge in [0.1, 0.15) is 17.2 Å². The first-order chi connectivity index (χ1) is 10.5. The largest absolute Gasteiger partial charge is 0.573 e. The summed E-state index contributed by atoms with van der Waals surface area (Å²) in [7, 11) is 0. The number of thiazole rings is 1. The van der Waals surface area contributed by atoms with Crippen LogP contribution in [-0.4, -0.2) is 24.6 Å². The average molecular weight is 333 g/mol. The van der Waals surface area contributed by atoms with Crippen LogP contribution in [0.4, 0.5) is 13.2 Å². The molecule has 1 aliphatic rings. The Labute approximate surface area is 127 Å². The van der Waals surface area contributed by atoms with Gasteiger partial charge in [-0.25, -0.2) is 4.98 Å². The van der Waals surface area contributed by atoms with Gasteiger partial charge < -0.3 is 18.9 Å². The fourth-order valence-corrected chi connectivity index (χ4v) is 2.48. The lowest BCUT2D eigenvalue weighted by atomic mass is 10.3. The van der Waals surface area contributed by atoms with Crippen molar-refractivity contribution in [2.75, 3.05) is 13.2 Å². The van der Waals surface area contributed by atoms with Crippen LogP contribution in [0.5, 0.6) is 16.7 Å². The van der Waals surface area contributed by atoms with Gasteiger partial charge in [-0.05, 0) is 12.1 Å². The molecule has 3 rings (SSSR count). The summed E-state index contributed by atoms with van der Waals surface area (Å²) in [6.07, 6.45) is -5.27. The molecule has 0 aliphatic carbocycles. The van der Waals surface area contributed by atoms with Crippen LogP contribution in [0.15, 0.2) is 29.6 Å². The molecule has 0 unspecified atom stereocenters. The maximum Gasteiger partial charge on any atom is 0.573 e. The maximum atomic E-state index is 12.2. The van der Waals surface area contributed by atoms with Gasteiger partial charge in [-0.1, -0.05) is 17.4 Å². The van der Waals surface area contributed by atoms with E-state index in [1.807, 2.05) is 0 Å². The number of hydrogen-bond acceptors (Lipinski definition) is 6. The Morgan fingerprint density at radius 3 is 2.64 bits per heavy atom. The number of halogens is 3. The van der Waals surface area contributed by atoms with E-state index in [0.717, 1.165) is 6.07 Å². The monoisotopic (exact) mass is 333 g/mol. The van der Waals surface area contributed by atoms with Crippen molar-refractivity contribution in [3.8, 4) is 16.7 Å². The smallest absolute Gasteiger partial charge is 0.431 e. The number of alkyl halides is 3. The summed E-state index contributed by atoms with van der Waals surface area (Å²) in [4.78, 5) is 4.18. The minimum absolute atomic E-state index is 0.191. The number of aromatic nitrogens is 1. The SMILES string of the molecule is FC(F)(F)Oc1cccc(Oc2nc(C3OCCO3)cs2)c1. The van der Waals surface area contributed by atoms with Crippen LogP contribution >= 0.6 is 11.3 Å². The second-order valence-electron chi connectivity index (χ2n) is 4.24. The lowest BCUT2D eigenvalue weighted by Crippen LogP contribution is -2.16. The third-order valence-electron chi connectivity index (χ3n) is 2.61. The highest BCUT2D eigenvalue weighted by molar-refractivity contribution is 7.11. The van der Waals surface area contributed by atoms with E-state index in [4.69, 9.17) is 14.2 Å². The van der Waals surface area contributed by atoms with Gasteiger partial charge in [-0.3, -0.25) is 0 Å². The van der Waals surface area contributed by atoms with Crippen LogP contribution in [0.25, 0.3) is 0 Å². The molecule has 0 atom stereocenters. The number of ether oxygens (including phenoxy) is 4. The summed E-state index contributed by atoms with van der Waals surface area (Å²) in [5.41, 5.74) is 0.570. The number of hydrogen-bond donors (Lipinski definition) is 0. The second-order valence-corrected chi connectivity index (χ2v) is 5.06. The average Bonchev–Trinajstić information content (AvgIpc) is 3.07. The Hall–Kier alpha value is -1.84. The highest BCUT2D eigenvalue weighted by atomic mass is 32.1. The molecule has 5 nitrogen and oxygen atoms in total. The molecule has 0 N–H and O–H groups in total. The standard InChI is InChI=1S/C13H10F3NO4S/c14-13(15,16)21-9-3-1-2-8(6-9)20-12-17-10(7-22-12)11-18-4-5-19-11/h1-3,6-7,11H,4-5H2. The Morgan fingerprint density at radius 2 is 1.91 bits per heavy atom. The summed E-state index contributed by atoms with van der Waals surface area (Å²) in [5.74, 6) is -0.167. The van der Waals surface area contributed by atoms with Crippen LogP contribution in [0, 0.1) is 0 Å². The van der Waals surface area contributed by atoms with Crippen molar-refractivity contribution >= 4 is 11.3 Å². The first-order valence-electron chi connectivity index (χ1n) is 6.22. The first kappa shape index (κ1) is 15.1. The normalized spacial score (nSPS) is 16.0. The molecule has 118 valence electrons. The Bertz CT molecular complexity index is 640. The van der Waals surface area contributed by atoms with Gasteiger partial charge in [0.25, 0.3) is 5.19 Å². The van der Waals surface area contributed by atoms with Crippen LogP contribution < -0.4 is 9.47 Å². The van der Waals surface area contributed by atoms with Crippen LogP contribution in [0.1, 0.15) is 12.0 Å². The van der Waals surface area contributed by atoms with E-state index >= 15 is 0 Å². The number of nitrogens with zero attached hydrogens (tertiary/aromatic N) is 1. The molecular weight excluding hydrogens is 323 g/mol. The minimum Gasteiger partial charge on any atom is -0.431 e. The third-order valence-corrected chi connectivity index (χ3v) is 3.34. The zero-order valence-electron chi connectivity index (χ0n) is 11.0. The number of benzene rings is 1. The molecule has 1 saturated heterocycles. The minimum atomic E-state index is -4.75. The molecule has 22 heavy (non-hydrogen) atoms. The predicted molar refractivity (Wildman–Crippen MR) is 70.0 cm³/mol. The summed E-state index contributed by atoms with van der Waals surface area (Å²) in [5, 5.41) is 1.99. The van der Waals surface area contributed by atoms with Crippen LogP contribution in [-0.2, 0) is 9.47 Å². The summed E-state index contributed by atoms with van der Waals surface area (Å²) in [6.45, 7) is 0.990. The van der Waals surface area contributed by atoms with Gasteiger partial charge in [0.2, 0.25) is 6.29 Å². The fourth-order valence-electron chi connectivity index (χ4n) is 1.79. The molecule has 2 heterocycles. The Balaban J connectivity index is 1.69. The van der Waals surface area contributed by atoms with Crippen molar-refractivity contribution in [1.29, 1.82) is 0 Å². The lowest BCUT2D eigenvalue weighted by Gasteiger charge is -2.09. The first-order valence-corrected chi connectivity index (χ1v) is 7.10. The molecule has 1 fully saturated rings. The zero-order chi connectivity index (χ0) is 15.6. The van der Waals surface area contributed by atoms with E-state index in [-0.39, 0.29) is 16.7 Å². The summed E-state index contributed by atoms with van der Waals surface area (Å²) < 4.78 is 56.4. The molecule has 0 radical (unpaired) electrons. The van der Waals surface area contributed by atoms with E-state index in [1.165, 1.54) is 29.5 Å². The van der Waals surface area contributed by atoms with E-state index < -0.39 is 12.7 Å². The molecule has 0 amide bonds. The van der Waals surface area contributed by atoms with Gasteiger partial charge in [-0.15, -0.1) is 13.2 Å². The number of rotatable bonds is 4. The quantitative estimate of drug-likeness (QED) is 0.850. The van der Waals surface area contributed by atoms with Crippen molar-refractivity contribution in [3.05, 3.63) is 35.3 Å². The third kappa shape index (κ3) is 3.87. The van der Waals surface area contributed by atoms with E-state index in [2.05, 4.69) is 9.72 Å². The predicted octanol–water partition coefficient (Wildman–Crippen LogP) is 3.88. The van der Waals surface area contributed by atoms with Crippen molar-refractivity contribution in [2.24, 2.45) is 0 Å². The molecule has 1 aliphatic heterocycles. The molecule has 0 saturated carbocycles. The van der Waals surface area contributed by atoms with E-state index in [1.54, 1.807) is 5.38 Å². The fraction of sp³-hybridized carbons (Fsp3) is 0.308. The molecule has 1 aromatic heterocycles. The Morgan fingerprint density at radius 1 is 1.18 bits per heavy atom. The molecule has 9 heteroatoms. The molecule has 0 bridgehead atoms. The van der Waals surface area contributed by atoms with Gasteiger partial charge in [0.15, 0.2) is 0 Å². The topological polar surface area (TPSA) is 49.8 Å².